The zero-order valence-electron chi connectivity index (χ0n) is 10.2. The Morgan fingerprint density at radius 3 is 3.06 bits per heavy atom. The average molecular weight is 261 g/mol. The highest BCUT2D eigenvalue weighted by Crippen LogP contribution is 2.33. The first kappa shape index (κ1) is 11.9. The van der Waals surface area contributed by atoms with Gasteiger partial charge in [0.2, 0.25) is 0 Å². The van der Waals surface area contributed by atoms with Crippen LogP contribution in [0.15, 0.2) is 35.7 Å². The fraction of sp³-hybridized carbons (Fsp3) is 0.333. The standard InChI is InChI=1S/C15H16FNS/c16-13-5-2-1-4-11(13)10-17-14-6-3-7-15-12(14)8-9-18-15/h1-2,4-5,8-9,14,17H,3,6-7,10H2. The Balaban J connectivity index is 1.71. The average Bonchev–Trinajstić information content (AvgIpc) is 2.86. The molecule has 1 heterocycles. The van der Waals surface area contributed by atoms with Gasteiger partial charge in [-0.3, -0.25) is 0 Å². The maximum absolute atomic E-state index is 13.5. The molecule has 0 aliphatic heterocycles. The predicted molar refractivity (Wildman–Crippen MR) is 73.2 cm³/mol. The van der Waals surface area contributed by atoms with Gasteiger partial charge in [0.15, 0.2) is 0 Å². The van der Waals surface area contributed by atoms with E-state index in [1.54, 1.807) is 6.07 Å². The van der Waals surface area contributed by atoms with Crippen molar-refractivity contribution in [1.82, 2.24) is 5.32 Å². The van der Waals surface area contributed by atoms with E-state index in [1.165, 1.54) is 29.3 Å². The van der Waals surface area contributed by atoms with Crippen LogP contribution in [0.1, 0.15) is 34.9 Å². The van der Waals surface area contributed by atoms with Gasteiger partial charge in [-0.05, 0) is 42.3 Å². The van der Waals surface area contributed by atoms with Gasteiger partial charge >= 0.3 is 0 Å². The Morgan fingerprint density at radius 2 is 2.17 bits per heavy atom. The van der Waals surface area contributed by atoms with Crippen LogP contribution in [0.4, 0.5) is 4.39 Å². The van der Waals surface area contributed by atoms with Crippen molar-refractivity contribution in [2.75, 3.05) is 0 Å². The van der Waals surface area contributed by atoms with E-state index < -0.39 is 0 Å². The Bertz CT molecular complexity index is 535. The molecule has 1 nitrogen and oxygen atoms in total. The summed E-state index contributed by atoms with van der Waals surface area (Å²) in [6.07, 6.45) is 3.57. The third kappa shape index (κ3) is 2.33. The van der Waals surface area contributed by atoms with Crippen LogP contribution in [-0.2, 0) is 13.0 Å². The van der Waals surface area contributed by atoms with Gasteiger partial charge in [-0.2, -0.15) is 0 Å². The van der Waals surface area contributed by atoms with Crippen molar-refractivity contribution in [2.45, 2.75) is 31.8 Å². The second-order valence-electron chi connectivity index (χ2n) is 4.72. The minimum Gasteiger partial charge on any atom is -0.306 e. The maximum Gasteiger partial charge on any atom is 0.127 e. The van der Waals surface area contributed by atoms with Crippen molar-refractivity contribution in [3.63, 3.8) is 0 Å². The SMILES string of the molecule is Fc1ccccc1CNC1CCCc2sccc21. The summed E-state index contributed by atoms with van der Waals surface area (Å²) >= 11 is 1.84. The molecule has 1 aliphatic rings. The zero-order valence-corrected chi connectivity index (χ0v) is 11.0. The van der Waals surface area contributed by atoms with Gasteiger partial charge in [0.1, 0.15) is 5.82 Å². The molecule has 0 spiro atoms. The van der Waals surface area contributed by atoms with Gasteiger partial charge in [-0.25, -0.2) is 4.39 Å². The number of benzene rings is 1. The van der Waals surface area contributed by atoms with Crippen LogP contribution in [0.3, 0.4) is 0 Å². The molecule has 0 bridgehead atoms. The van der Waals surface area contributed by atoms with Gasteiger partial charge in [0, 0.05) is 23.0 Å². The molecule has 1 unspecified atom stereocenters. The molecule has 3 rings (SSSR count). The molecule has 1 aromatic heterocycles. The maximum atomic E-state index is 13.5. The molecule has 0 fully saturated rings. The second kappa shape index (κ2) is 5.21. The largest absolute Gasteiger partial charge is 0.306 e. The molecule has 1 N–H and O–H groups in total. The van der Waals surface area contributed by atoms with Crippen LogP contribution in [-0.4, -0.2) is 0 Å². The molecule has 1 aliphatic carbocycles. The van der Waals surface area contributed by atoms with Crippen LogP contribution >= 0.6 is 11.3 Å². The Morgan fingerprint density at radius 1 is 1.28 bits per heavy atom. The minimum absolute atomic E-state index is 0.119. The molecule has 3 heteroatoms. The lowest BCUT2D eigenvalue weighted by molar-refractivity contribution is 0.456. The third-order valence-electron chi connectivity index (χ3n) is 3.55. The van der Waals surface area contributed by atoms with Crippen LogP contribution < -0.4 is 5.32 Å². The lowest BCUT2D eigenvalue weighted by Gasteiger charge is -2.24. The number of aryl methyl sites for hydroxylation is 1. The first-order chi connectivity index (χ1) is 8.84. The first-order valence-corrected chi connectivity index (χ1v) is 7.25. The zero-order chi connectivity index (χ0) is 12.4. The summed E-state index contributed by atoms with van der Waals surface area (Å²) in [4.78, 5) is 1.49. The van der Waals surface area contributed by atoms with Crippen LogP contribution in [0.5, 0.6) is 0 Å². The molecular weight excluding hydrogens is 245 g/mol. The summed E-state index contributed by atoms with van der Waals surface area (Å²) < 4.78 is 13.5. The van der Waals surface area contributed by atoms with Crippen molar-refractivity contribution >= 4 is 11.3 Å². The number of hydrogen-bond donors (Lipinski definition) is 1. The van der Waals surface area contributed by atoms with E-state index in [0.717, 1.165) is 12.0 Å². The summed E-state index contributed by atoms with van der Waals surface area (Å²) in [5.74, 6) is -0.119. The normalized spacial score (nSPS) is 18.6. The molecule has 2 aromatic rings. The van der Waals surface area contributed by atoms with Crippen molar-refractivity contribution in [2.24, 2.45) is 0 Å². The number of fused-ring (bicyclic) bond motifs is 1. The van der Waals surface area contributed by atoms with Gasteiger partial charge in [0.05, 0.1) is 0 Å². The van der Waals surface area contributed by atoms with E-state index in [1.807, 2.05) is 23.5 Å². The van der Waals surface area contributed by atoms with Crippen molar-refractivity contribution in [3.8, 4) is 0 Å². The molecule has 18 heavy (non-hydrogen) atoms. The van der Waals surface area contributed by atoms with E-state index in [-0.39, 0.29) is 5.82 Å². The van der Waals surface area contributed by atoms with E-state index in [0.29, 0.717) is 12.6 Å². The predicted octanol–water partition coefficient (Wildman–Crippen LogP) is 4.05. The Hall–Kier alpha value is -1.19. The quantitative estimate of drug-likeness (QED) is 0.878. The number of hydrogen-bond acceptors (Lipinski definition) is 2. The number of thiophene rings is 1. The van der Waals surface area contributed by atoms with E-state index >= 15 is 0 Å². The Kier molecular flexibility index (Phi) is 3.43. The number of rotatable bonds is 3. The van der Waals surface area contributed by atoms with E-state index in [2.05, 4.69) is 16.8 Å². The summed E-state index contributed by atoms with van der Waals surface area (Å²) in [5.41, 5.74) is 2.17. The molecule has 94 valence electrons. The van der Waals surface area contributed by atoms with E-state index in [4.69, 9.17) is 0 Å². The smallest absolute Gasteiger partial charge is 0.127 e. The highest BCUT2D eigenvalue weighted by Gasteiger charge is 2.20. The van der Waals surface area contributed by atoms with Gasteiger partial charge in [-0.15, -0.1) is 11.3 Å². The topological polar surface area (TPSA) is 12.0 Å². The highest BCUT2D eigenvalue weighted by atomic mass is 32.1. The van der Waals surface area contributed by atoms with Crippen molar-refractivity contribution in [3.05, 3.63) is 57.5 Å². The summed E-state index contributed by atoms with van der Waals surface area (Å²) in [6, 6.07) is 9.58. The molecule has 0 saturated carbocycles. The number of halogens is 1. The lowest BCUT2D eigenvalue weighted by atomic mass is 9.94. The number of nitrogens with one attached hydrogen (secondary N) is 1. The lowest BCUT2D eigenvalue weighted by Crippen LogP contribution is -2.24. The fourth-order valence-corrected chi connectivity index (χ4v) is 3.56. The highest BCUT2D eigenvalue weighted by molar-refractivity contribution is 7.10. The van der Waals surface area contributed by atoms with Gasteiger partial charge < -0.3 is 5.32 Å². The third-order valence-corrected chi connectivity index (χ3v) is 4.55. The molecule has 0 saturated heterocycles. The monoisotopic (exact) mass is 261 g/mol. The van der Waals surface area contributed by atoms with Crippen LogP contribution in [0, 0.1) is 5.82 Å². The van der Waals surface area contributed by atoms with Crippen LogP contribution in [0.25, 0.3) is 0 Å². The van der Waals surface area contributed by atoms with Gasteiger partial charge in [-0.1, -0.05) is 18.2 Å². The summed E-state index contributed by atoms with van der Waals surface area (Å²) in [7, 11) is 0. The Labute approximate surface area is 111 Å². The fourth-order valence-electron chi connectivity index (χ4n) is 2.57. The first-order valence-electron chi connectivity index (χ1n) is 6.37. The summed E-state index contributed by atoms with van der Waals surface area (Å²) in [6.45, 7) is 0.604. The molecule has 1 atom stereocenters. The van der Waals surface area contributed by atoms with Gasteiger partial charge in [0.25, 0.3) is 0 Å². The van der Waals surface area contributed by atoms with Crippen molar-refractivity contribution < 1.29 is 4.39 Å². The molecular formula is C15H16FNS. The summed E-state index contributed by atoms with van der Waals surface area (Å²) in [5, 5.41) is 5.65. The molecule has 0 amide bonds. The van der Waals surface area contributed by atoms with E-state index in [9.17, 15) is 4.39 Å². The molecule has 0 radical (unpaired) electrons. The second-order valence-corrected chi connectivity index (χ2v) is 5.72. The minimum atomic E-state index is -0.119. The molecule has 1 aromatic carbocycles. The van der Waals surface area contributed by atoms with Crippen molar-refractivity contribution in [1.29, 1.82) is 0 Å². The van der Waals surface area contributed by atoms with Crippen LogP contribution in [0.2, 0.25) is 0 Å².